The van der Waals surface area contributed by atoms with Gasteiger partial charge in [-0.25, -0.2) is 4.79 Å². The Bertz CT molecular complexity index is 799. The van der Waals surface area contributed by atoms with Gasteiger partial charge >= 0.3 is 5.97 Å². The van der Waals surface area contributed by atoms with E-state index in [1.165, 1.54) is 24.3 Å². The minimum Gasteiger partial charge on any atom is -0.454 e. The minimum absolute atomic E-state index is 0.118. The number of hydrogen-bond donors (Lipinski definition) is 0. The van der Waals surface area contributed by atoms with Crippen molar-refractivity contribution in [2.45, 2.75) is 0 Å². The standard InChI is InChI=1S/C17H12BrNO5/c18-14-8-5-13(6-9-14)16(20)11-24-17(21)10-7-12-3-1-2-4-15(12)19(22)23/h1-10H,11H2/b10-7+. The van der Waals surface area contributed by atoms with Gasteiger partial charge in [0.05, 0.1) is 10.5 Å². The average molecular weight is 390 g/mol. The van der Waals surface area contributed by atoms with Crippen molar-refractivity contribution in [2.24, 2.45) is 0 Å². The molecule has 0 aliphatic rings. The lowest BCUT2D eigenvalue weighted by Crippen LogP contribution is -2.12. The van der Waals surface area contributed by atoms with Crippen molar-refractivity contribution in [2.75, 3.05) is 6.61 Å². The lowest BCUT2D eigenvalue weighted by atomic mass is 10.1. The molecular formula is C17H12BrNO5. The first-order chi connectivity index (χ1) is 11.5. The Labute approximate surface area is 146 Å². The zero-order chi connectivity index (χ0) is 17.5. The Morgan fingerprint density at radius 2 is 1.79 bits per heavy atom. The van der Waals surface area contributed by atoms with Gasteiger partial charge in [-0.2, -0.15) is 0 Å². The van der Waals surface area contributed by atoms with Crippen molar-refractivity contribution in [3.05, 3.63) is 80.3 Å². The van der Waals surface area contributed by atoms with Crippen LogP contribution in [0.3, 0.4) is 0 Å². The molecule has 0 bridgehead atoms. The topological polar surface area (TPSA) is 86.5 Å². The summed E-state index contributed by atoms with van der Waals surface area (Å²) in [7, 11) is 0. The second-order valence-corrected chi connectivity index (χ2v) is 5.60. The number of ether oxygens (including phenoxy) is 1. The first kappa shape index (κ1) is 17.6. The third-order valence-corrected chi connectivity index (χ3v) is 3.57. The molecule has 24 heavy (non-hydrogen) atoms. The molecule has 0 saturated carbocycles. The summed E-state index contributed by atoms with van der Waals surface area (Å²) in [5.74, 6) is -1.09. The van der Waals surface area contributed by atoms with Crippen LogP contribution in [0.4, 0.5) is 5.69 Å². The number of Topliss-reactive ketones (excluding diaryl/α,β-unsaturated/α-hetero) is 1. The SMILES string of the molecule is O=C(/C=C/c1ccccc1[N+](=O)[O-])OCC(=O)c1ccc(Br)cc1. The van der Waals surface area contributed by atoms with Gasteiger partial charge in [0.2, 0.25) is 0 Å². The summed E-state index contributed by atoms with van der Waals surface area (Å²) in [4.78, 5) is 33.9. The quantitative estimate of drug-likeness (QED) is 0.246. The van der Waals surface area contributed by atoms with E-state index in [-0.39, 0.29) is 17.0 Å². The number of benzene rings is 2. The molecule has 2 rings (SSSR count). The fourth-order valence-electron chi connectivity index (χ4n) is 1.86. The van der Waals surface area contributed by atoms with Gasteiger partial charge in [-0.1, -0.05) is 40.2 Å². The zero-order valence-electron chi connectivity index (χ0n) is 12.3. The molecule has 0 aliphatic heterocycles. The van der Waals surface area contributed by atoms with Gasteiger partial charge in [0.1, 0.15) is 0 Å². The summed E-state index contributed by atoms with van der Waals surface area (Å²) >= 11 is 3.26. The normalized spacial score (nSPS) is 10.5. The fraction of sp³-hybridized carbons (Fsp3) is 0.0588. The van der Waals surface area contributed by atoms with Crippen molar-refractivity contribution in [3.8, 4) is 0 Å². The monoisotopic (exact) mass is 389 g/mol. The van der Waals surface area contributed by atoms with Crippen LogP contribution in [0.2, 0.25) is 0 Å². The van der Waals surface area contributed by atoms with E-state index in [0.717, 1.165) is 10.5 Å². The van der Waals surface area contributed by atoms with Crippen molar-refractivity contribution in [1.29, 1.82) is 0 Å². The minimum atomic E-state index is -0.751. The number of esters is 1. The highest BCUT2D eigenvalue weighted by atomic mass is 79.9. The number of para-hydroxylation sites is 1. The van der Waals surface area contributed by atoms with Crippen molar-refractivity contribution in [3.63, 3.8) is 0 Å². The van der Waals surface area contributed by atoms with E-state index < -0.39 is 17.5 Å². The van der Waals surface area contributed by atoms with Gasteiger partial charge in [-0.15, -0.1) is 0 Å². The number of carbonyl (C=O) groups is 2. The Morgan fingerprint density at radius 3 is 2.46 bits per heavy atom. The number of nitro benzene ring substituents is 1. The molecule has 0 radical (unpaired) electrons. The first-order valence-electron chi connectivity index (χ1n) is 6.84. The van der Waals surface area contributed by atoms with E-state index in [0.29, 0.717) is 5.56 Å². The summed E-state index contributed by atoms with van der Waals surface area (Å²) in [6, 6.07) is 12.6. The molecule has 7 heteroatoms. The summed E-state index contributed by atoms with van der Waals surface area (Å²) in [5.41, 5.74) is 0.583. The second kappa shape index (κ2) is 8.16. The highest BCUT2D eigenvalue weighted by molar-refractivity contribution is 9.10. The van der Waals surface area contributed by atoms with E-state index in [9.17, 15) is 19.7 Å². The van der Waals surface area contributed by atoms with E-state index in [1.54, 1.807) is 30.3 Å². The van der Waals surface area contributed by atoms with Crippen LogP contribution in [0.15, 0.2) is 59.1 Å². The molecule has 0 fully saturated rings. The molecule has 2 aromatic rings. The molecule has 0 saturated heterocycles. The van der Waals surface area contributed by atoms with Crippen LogP contribution in [0, 0.1) is 10.1 Å². The Morgan fingerprint density at radius 1 is 1.12 bits per heavy atom. The number of nitrogens with zero attached hydrogens (tertiary/aromatic N) is 1. The molecule has 0 heterocycles. The summed E-state index contributed by atoms with van der Waals surface area (Å²) < 4.78 is 5.69. The van der Waals surface area contributed by atoms with Crippen LogP contribution < -0.4 is 0 Å². The molecule has 0 aliphatic carbocycles. The summed E-state index contributed by atoms with van der Waals surface area (Å²) in [6.45, 7) is -0.401. The number of hydrogen-bond acceptors (Lipinski definition) is 5. The van der Waals surface area contributed by atoms with Crippen molar-refractivity contribution < 1.29 is 19.2 Å². The molecular weight excluding hydrogens is 378 g/mol. The number of ketones is 1. The predicted molar refractivity (Wildman–Crippen MR) is 91.6 cm³/mol. The molecule has 0 spiro atoms. The van der Waals surface area contributed by atoms with Gasteiger partial charge in [0, 0.05) is 22.2 Å². The maximum absolute atomic E-state index is 11.9. The van der Waals surface area contributed by atoms with Gasteiger partial charge in [-0.05, 0) is 24.3 Å². The van der Waals surface area contributed by atoms with Crippen LogP contribution >= 0.6 is 15.9 Å². The number of halogens is 1. The van der Waals surface area contributed by atoms with E-state index in [4.69, 9.17) is 4.74 Å². The lowest BCUT2D eigenvalue weighted by Gasteiger charge is -2.02. The number of nitro groups is 1. The van der Waals surface area contributed by atoms with Crippen molar-refractivity contribution in [1.82, 2.24) is 0 Å². The number of rotatable bonds is 6. The van der Waals surface area contributed by atoms with E-state index >= 15 is 0 Å². The smallest absolute Gasteiger partial charge is 0.331 e. The lowest BCUT2D eigenvalue weighted by molar-refractivity contribution is -0.385. The van der Waals surface area contributed by atoms with Gasteiger partial charge in [0.15, 0.2) is 12.4 Å². The largest absolute Gasteiger partial charge is 0.454 e. The summed E-state index contributed by atoms with van der Waals surface area (Å²) in [5, 5.41) is 10.9. The maximum atomic E-state index is 11.9. The Balaban J connectivity index is 1.95. The van der Waals surface area contributed by atoms with Crippen LogP contribution in [0.1, 0.15) is 15.9 Å². The van der Waals surface area contributed by atoms with Gasteiger partial charge in [-0.3, -0.25) is 14.9 Å². The van der Waals surface area contributed by atoms with Crippen molar-refractivity contribution >= 4 is 39.4 Å². The zero-order valence-corrected chi connectivity index (χ0v) is 13.9. The molecule has 0 N–H and O–H groups in total. The number of carbonyl (C=O) groups excluding carboxylic acids is 2. The molecule has 2 aromatic carbocycles. The van der Waals surface area contributed by atoms with Crippen LogP contribution in [0.25, 0.3) is 6.08 Å². The highest BCUT2D eigenvalue weighted by Crippen LogP contribution is 2.19. The van der Waals surface area contributed by atoms with Gasteiger partial charge < -0.3 is 4.74 Å². The molecule has 122 valence electrons. The fourth-order valence-corrected chi connectivity index (χ4v) is 2.12. The van der Waals surface area contributed by atoms with Gasteiger partial charge in [0.25, 0.3) is 5.69 Å². The third-order valence-electron chi connectivity index (χ3n) is 3.04. The Kier molecular flexibility index (Phi) is 5.97. The maximum Gasteiger partial charge on any atom is 0.331 e. The van der Waals surface area contributed by atoms with Crippen LogP contribution in [-0.4, -0.2) is 23.3 Å². The molecule has 0 amide bonds. The first-order valence-corrected chi connectivity index (χ1v) is 7.63. The van der Waals surface area contributed by atoms with Crippen LogP contribution in [0.5, 0.6) is 0 Å². The van der Waals surface area contributed by atoms with Crippen LogP contribution in [-0.2, 0) is 9.53 Å². The molecule has 0 atom stereocenters. The Hall–Kier alpha value is -2.80. The predicted octanol–water partition coefficient (Wildman–Crippen LogP) is 3.80. The second-order valence-electron chi connectivity index (χ2n) is 4.69. The molecule has 0 aromatic heterocycles. The van der Waals surface area contributed by atoms with E-state index in [2.05, 4.69) is 15.9 Å². The molecule has 0 unspecified atom stereocenters. The van der Waals surface area contributed by atoms with E-state index in [1.807, 2.05) is 0 Å². The molecule has 6 nitrogen and oxygen atoms in total. The summed E-state index contributed by atoms with van der Waals surface area (Å²) in [6.07, 6.45) is 2.34. The third kappa shape index (κ3) is 4.85. The highest BCUT2D eigenvalue weighted by Gasteiger charge is 2.11. The average Bonchev–Trinajstić information content (AvgIpc) is 2.58.